The predicted molar refractivity (Wildman–Crippen MR) is 85.5 cm³/mol. The molecule has 0 nitrogen and oxygen atoms in total. The van der Waals surface area contributed by atoms with Crippen molar-refractivity contribution in [3.05, 3.63) is 78.6 Å². The van der Waals surface area contributed by atoms with E-state index >= 15 is 0 Å². The summed E-state index contributed by atoms with van der Waals surface area (Å²) in [6, 6.07) is 24.0. The first-order valence-corrected chi connectivity index (χ1v) is 7.93. The van der Waals surface area contributed by atoms with Crippen molar-refractivity contribution in [2.24, 2.45) is 0 Å². The summed E-state index contributed by atoms with van der Waals surface area (Å²) in [4.78, 5) is 0. The molecule has 2 heteroatoms. The van der Waals surface area contributed by atoms with E-state index in [1.165, 1.54) is 21.2 Å². The van der Waals surface area contributed by atoms with E-state index < -0.39 is 7.53 Å². The van der Waals surface area contributed by atoms with Gasteiger partial charge in [0.25, 0.3) is 0 Å². The molecule has 3 aromatic carbocycles. The van der Waals surface area contributed by atoms with Crippen LogP contribution in [0.3, 0.4) is 0 Å². The van der Waals surface area contributed by atoms with Crippen LogP contribution in [0.15, 0.2) is 72.8 Å². The van der Waals surface area contributed by atoms with Crippen molar-refractivity contribution >= 4 is 28.5 Å². The van der Waals surface area contributed by atoms with Crippen molar-refractivity contribution in [3.8, 4) is 5.30 Å². The summed E-state index contributed by atoms with van der Waals surface area (Å²) >= 11 is 0. The second-order valence-corrected chi connectivity index (χ2v) is 7.00. The molecule has 0 spiro atoms. The minimum atomic E-state index is -0.628. The van der Waals surface area contributed by atoms with Crippen LogP contribution in [0.5, 0.6) is 0 Å². The van der Waals surface area contributed by atoms with Gasteiger partial charge in [0.05, 0.1) is 0 Å². The number of rotatable bonds is 1. The molecule has 0 amide bonds. The van der Waals surface area contributed by atoms with Crippen LogP contribution in [0.4, 0.5) is 4.39 Å². The summed E-state index contributed by atoms with van der Waals surface area (Å²) in [5.74, 6) is -0.153. The van der Waals surface area contributed by atoms with E-state index in [9.17, 15) is 4.39 Å². The van der Waals surface area contributed by atoms with Gasteiger partial charge in [-0.1, -0.05) is 68.2 Å². The fourth-order valence-corrected chi connectivity index (χ4v) is 5.44. The molecule has 1 unspecified atom stereocenters. The Balaban J connectivity index is 2.23. The molecule has 1 heterocycles. The zero-order valence-electron chi connectivity index (χ0n) is 10.8. The van der Waals surface area contributed by atoms with E-state index in [0.29, 0.717) is 0 Å². The fraction of sp³-hybridized carbons (Fsp3) is 0. The minimum absolute atomic E-state index is 0.153. The maximum Gasteiger partial charge on any atom is 0.124 e. The van der Waals surface area contributed by atoms with Crippen molar-refractivity contribution in [2.45, 2.75) is 0 Å². The van der Waals surface area contributed by atoms with Crippen molar-refractivity contribution in [2.75, 3.05) is 0 Å². The molecule has 96 valence electrons. The van der Waals surface area contributed by atoms with Gasteiger partial charge in [0, 0.05) is 10.2 Å². The highest BCUT2D eigenvalue weighted by atomic mass is 31.1. The Morgan fingerprint density at radius 2 is 1.35 bits per heavy atom. The lowest BCUT2D eigenvalue weighted by Gasteiger charge is -2.02. The first kappa shape index (κ1) is 11.7. The van der Waals surface area contributed by atoms with Gasteiger partial charge >= 0.3 is 0 Å². The quantitative estimate of drug-likeness (QED) is 0.394. The first-order valence-electron chi connectivity index (χ1n) is 6.59. The molecule has 4 rings (SSSR count). The number of halogens is 1. The number of hydrogen-bond acceptors (Lipinski definition) is 0. The van der Waals surface area contributed by atoms with Crippen LogP contribution >= 0.6 is 7.53 Å². The predicted octanol–water partition coefficient (Wildman–Crippen LogP) is 6.11. The Hall–Kier alpha value is -2.11. The van der Waals surface area contributed by atoms with Gasteiger partial charge in [-0.05, 0) is 28.2 Å². The van der Waals surface area contributed by atoms with E-state index in [2.05, 4.69) is 48.5 Å². The lowest BCUT2D eigenvalue weighted by molar-refractivity contribution is 0.630. The third kappa shape index (κ3) is 1.67. The lowest BCUT2D eigenvalue weighted by Crippen LogP contribution is -1.71. The normalized spacial score (nSPS) is 12.2. The molecule has 0 N–H and O–H groups in total. The van der Waals surface area contributed by atoms with E-state index in [0.717, 1.165) is 5.12 Å². The average molecular weight is 278 g/mol. The third-order valence-corrected chi connectivity index (χ3v) is 6.19. The maximum absolute atomic E-state index is 13.7. The summed E-state index contributed by atoms with van der Waals surface area (Å²) in [5.41, 5.74) is 0. The van der Waals surface area contributed by atoms with Crippen molar-refractivity contribution in [1.29, 1.82) is 0 Å². The highest BCUT2D eigenvalue weighted by Crippen LogP contribution is 2.54. The van der Waals surface area contributed by atoms with E-state index in [1.54, 1.807) is 12.1 Å². The molecular formula is C18H12FP. The molecule has 0 fully saturated rings. The van der Waals surface area contributed by atoms with E-state index in [-0.39, 0.29) is 5.82 Å². The molecule has 1 aromatic heterocycles. The van der Waals surface area contributed by atoms with Crippen molar-refractivity contribution in [3.63, 3.8) is 0 Å². The topological polar surface area (TPSA) is 0 Å². The molecule has 1 atom stereocenters. The molecular weight excluding hydrogens is 266 g/mol. The number of hydrogen-bond donors (Lipinski definition) is 0. The zero-order chi connectivity index (χ0) is 13.5. The van der Waals surface area contributed by atoms with Gasteiger partial charge < -0.3 is 0 Å². The summed E-state index contributed by atoms with van der Waals surface area (Å²) in [5, 5.41) is 6.16. The van der Waals surface area contributed by atoms with E-state index in [1.807, 2.05) is 12.1 Å². The summed E-state index contributed by atoms with van der Waals surface area (Å²) < 4.78 is 13.7. The second-order valence-electron chi connectivity index (χ2n) is 4.85. The van der Waals surface area contributed by atoms with Crippen LogP contribution in [0.25, 0.3) is 26.3 Å². The molecule has 0 aliphatic rings. The Kier molecular flexibility index (Phi) is 2.61. The Bertz CT molecular complexity index is 907. The summed E-state index contributed by atoms with van der Waals surface area (Å²) in [6.07, 6.45) is 0. The van der Waals surface area contributed by atoms with Gasteiger partial charge in [-0.25, -0.2) is 4.39 Å². The molecule has 4 aromatic rings. The Morgan fingerprint density at radius 3 is 2.20 bits per heavy atom. The Labute approximate surface area is 117 Å². The van der Waals surface area contributed by atoms with Gasteiger partial charge in [-0.3, -0.25) is 0 Å². The van der Waals surface area contributed by atoms with Crippen molar-refractivity contribution < 1.29 is 4.39 Å². The monoisotopic (exact) mass is 278 g/mol. The first-order chi connectivity index (χ1) is 9.84. The summed E-state index contributed by atoms with van der Waals surface area (Å²) in [6.45, 7) is 0. The van der Waals surface area contributed by atoms with Crippen LogP contribution in [-0.2, 0) is 0 Å². The molecule has 0 aliphatic heterocycles. The van der Waals surface area contributed by atoms with Crippen LogP contribution in [0.2, 0.25) is 0 Å². The van der Waals surface area contributed by atoms with Gasteiger partial charge in [-0.2, -0.15) is 0 Å². The smallest absolute Gasteiger partial charge is 0.124 e. The lowest BCUT2D eigenvalue weighted by atomic mass is 10.1. The maximum atomic E-state index is 13.7. The molecule has 20 heavy (non-hydrogen) atoms. The van der Waals surface area contributed by atoms with Gasteiger partial charge in [0.15, 0.2) is 0 Å². The third-order valence-electron chi connectivity index (χ3n) is 3.65. The molecule has 0 bridgehead atoms. The SMILES string of the molecule is Fc1ccc2c3ccccc3p(-c3ccccc3)c2c1. The van der Waals surface area contributed by atoms with Gasteiger partial charge in [-0.15, -0.1) is 0 Å². The zero-order valence-corrected chi connectivity index (χ0v) is 11.6. The van der Waals surface area contributed by atoms with Crippen LogP contribution in [0.1, 0.15) is 0 Å². The van der Waals surface area contributed by atoms with Crippen LogP contribution < -0.4 is 0 Å². The fourth-order valence-electron chi connectivity index (χ4n) is 2.80. The van der Waals surface area contributed by atoms with Crippen molar-refractivity contribution in [1.82, 2.24) is 0 Å². The number of fused-ring (bicyclic) bond motifs is 3. The largest absolute Gasteiger partial charge is 0.207 e. The highest BCUT2D eigenvalue weighted by molar-refractivity contribution is 7.67. The second kappa shape index (κ2) is 4.47. The minimum Gasteiger partial charge on any atom is -0.207 e. The molecule has 0 saturated carbocycles. The van der Waals surface area contributed by atoms with Crippen LogP contribution in [-0.4, -0.2) is 0 Å². The Morgan fingerprint density at radius 1 is 0.650 bits per heavy atom. The summed E-state index contributed by atoms with van der Waals surface area (Å²) in [7, 11) is -0.628. The standard InChI is InChI=1S/C18H12FP/c19-13-10-11-16-15-8-4-5-9-17(15)20(18(16)12-13)14-6-2-1-3-7-14/h1-12H. The van der Waals surface area contributed by atoms with E-state index in [4.69, 9.17) is 0 Å². The van der Waals surface area contributed by atoms with Gasteiger partial charge in [0.1, 0.15) is 5.82 Å². The number of benzene rings is 3. The molecule has 0 radical (unpaired) electrons. The molecule has 0 saturated heterocycles. The average Bonchev–Trinajstić information content (AvgIpc) is 2.81. The van der Waals surface area contributed by atoms with Gasteiger partial charge in [0.2, 0.25) is 0 Å². The highest BCUT2D eigenvalue weighted by Gasteiger charge is 2.13. The molecule has 0 aliphatic carbocycles. The van der Waals surface area contributed by atoms with Crippen LogP contribution in [0, 0.1) is 5.82 Å².